The second-order valence-corrected chi connectivity index (χ2v) is 19.0. The molecule has 6 heterocycles. The molecule has 0 radical (unpaired) electrons. The molecule has 4 aliphatic rings. The summed E-state index contributed by atoms with van der Waals surface area (Å²) in [5.41, 5.74) is 8.90. The zero-order chi connectivity index (χ0) is 41.4. The maximum atomic E-state index is 6.72. The van der Waals surface area contributed by atoms with Crippen molar-refractivity contribution in [1.82, 2.24) is 9.55 Å². The Bertz CT molecular complexity index is 3120. The van der Waals surface area contributed by atoms with Gasteiger partial charge in [-0.3, -0.25) is 4.90 Å². The van der Waals surface area contributed by atoms with Crippen molar-refractivity contribution >= 4 is 62.0 Å². The molecule has 0 unspecified atom stereocenters. The molecule has 8 nitrogen and oxygen atoms in total. The molecule has 0 saturated carbocycles. The Kier molecular flexibility index (Phi) is 8.71. The van der Waals surface area contributed by atoms with Crippen LogP contribution in [0.4, 0.5) is 28.4 Å². The summed E-state index contributed by atoms with van der Waals surface area (Å²) in [5, 5.41) is 2.22. The third kappa shape index (κ3) is 6.11. The van der Waals surface area contributed by atoms with Gasteiger partial charge in [-0.2, -0.15) is 6.07 Å². The van der Waals surface area contributed by atoms with Crippen molar-refractivity contribution in [3.8, 4) is 40.3 Å². The molecular weight excluding hydrogens is 970 g/mol. The van der Waals surface area contributed by atoms with Crippen LogP contribution in [0.1, 0.15) is 52.7 Å². The van der Waals surface area contributed by atoms with Gasteiger partial charge in [0.05, 0.1) is 0 Å². The molecule has 62 heavy (non-hydrogen) atoms. The smallest absolute Gasteiger partial charge is 0.157 e. The SMILES string of the molecule is CC(C)(C)c1cc(Oc2[c-]c3c(cc2)c2ccccc2n3-c2cc(C(C)(C)C)ccn2)[c-]c(N2C=CN(c3cc4c5c(c3)Oc3cccc6c3N5c3c(cccc3S6)O4)[CH-]2)c1.[Pt]. The zero-order valence-electron chi connectivity index (χ0n) is 34.9. The molecule has 0 fully saturated rings. The molecular formula is C52H40N5O3PtS-3. The summed E-state index contributed by atoms with van der Waals surface area (Å²) >= 11 is 1.75. The minimum absolute atomic E-state index is 0. The predicted molar refractivity (Wildman–Crippen MR) is 244 cm³/mol. The van der Waals surface area contributed by atoms with Gasteiger partial charge >= 0.3 is 0 Å². The first-order valence-electron chi connectivity index (χ1n) is 20.5. The zero-order valence-corrected chi connectivity index (χ0v) is 38.0. The Morgan fingerprint density at radius 1 is 0.629 bits per heavy atom. The van der Waals surface area contributed by atoms with Crippen molar-refractivity contribution in [3.05, 3.63) is 158 Å². The van der Waals surface area contributed by atoms with E-state index in [1.807, 2.05) is 43.5 Å². The van der Waals surface area contributed by atoms with E-state index in [-0.39, 0.29) is 31.9 Å². The van der Waals surface area contributed by atoms with Crippen molar-refractivity contribution in [2.75, 3.05) is 14.7 Å². The van der Waals surface area contributed by atoms with E-state index in [9.17, 15) is 0 Å². The van der Waals surface area contributed by atoms with Crippen molar-refractivity contribution in [1.29, 1.82) is 0 Å². The van der Waals surface area contributed by atoms with E-state index >= 15 is 0 Å². The van der Waals surface area contributed by atoms with Gasteiger partial charge in [0.25, 0.3) is 0 Å². The van der Waals surface area contributed by atoms with Crippen LogP contribution in [0.25, 0.3) is 27.6 Å². The van der Waals surface area contributed by atoms with Gasteiger partial charge in [-0.05, 0) is 76.6 Å². The van der Waals surface area contributed by atoms with Crippen LogP contribution >= 0.6 is 11.8 Å². The quantitative estimate of drug-likeness (QED) is 0.158. The van der Waals surface area contributed by atoms with Gasteiger partial charge in [-0.15, -0.1) is 53.6 Å². The van der Waals surface area contributed by atoms with E-state index in [1.54, 1.807) is 11.8 Å². The molecule has 310 valence electrons. The van der Waals surface area contributed by atoms with Gasteiger partial charge in [0.2, 0.25) is 0 Å². The molecule has 0 N–H and O–H groups in total. The summed E-state index contributed by atoms with van der Waals surface area (Å²) in [6, 6.07) is 45.0. The number of rotatable bonds is 5. The third-order valence-electron chi connectivity index (χ3n) is 11.8. The number of hydrogen-bond acceptors (Lipinski definition) is 8. The number of hydrogen-bond donors (Lipinski definition) is 0. The Labute approximate surface area is 379 Å². The van der Waals surface area contributed by atoms with Crippen molar-refractivity contribution in [2.45, 2.75) is 62.2 Å². The average molecular weight is 1010 g/mol. The number of fused-ring (bicyclic) bond motifs is 3. The summed E-state index contributed by atoms with van der Waals surface area (Å²) in [4.78, 5) is 13.6. The van der Waals surface area contributed by atoms with Gasteiger partial charge < -0.3 is 28.6 Å². The standard InChI is InChI=1S/C52H40N5O3S.Pt/c1-51(2,3)31-19-20-53-47(25-31)56-39-12-8-7-11-37(39)38-18-17-35(29-40(38)56)58-36-24-32(52(4,5)6)23-33(26-36)54-21-22-55(30-54)34-27-43-48-44(28-34)60-42-14-10-16-46-50(42)57(48)49-41(59-43)13-9-15-45(49)61-46;/h7-25,27-28,30H,1-6H3;/q-3;. The van der Waals surface area contributed by atoms with E-state index in [0.717, 1.165) is 94.4 Å². The first-order chi connectivity index (χ1) is 29.4. The van der Waals surface area contributed by atoms with E-state index in [2.05, 4.69) is 164 Å². The molecule has 0 saturated heterocycles. The fraction of sp³-hybridized carbons (Fsp3) is 0.154. The van der Waals surface area contributed by atoms with Gasteiger partial charge in [0, 0.05) is 71.9 Å². The van der Waals surface area contributed by atoms with Gasteiger partial charge in [-0.1, -0.05) is 89.2 Å². The number of nitrogens with zero attached hydrogens (tertiary/aromatic N) is 5. The fourth-order valence-electron chi connectivity index (χ4n) is 8.66. The van der Waals surface area contributed by atoms with Crippen LogP contribution in [0, 0.1) is 18.8 Å². The van der Waals surface area contributed by atoms with Gasteiger partial charge in [0.15, 0.2) is 23.0 Å². The van der Waals surface area contributed by atoms with Crippen LogP contribution in [0.2, 0.25) is 0 Å². The number of pyridine rings is 1. The molecule has 4 aliphatic heterocycles. The minimum atomic E-state index is -0.163. The number of aromatic nitrogens is 2. The van der Waals surface area contributed by atoms with Gasteiger partial charge in [0.1, 0.15) is 22.9 Å². The van der Waals surface area contributed by atoms with E-state index in [4.69, 9.17) is 19.2 Å². The molecule has 6 aromatic carbocycles. The average Bonchev–Trinajstić information content (AvgIpc) is 3.87. The molecule has 0 bridgehead atoms. The Balaban J connectivity index is 0.00000432. The maximum absolute atomic E-state index is 6.72. The third-order valence-corrected chi connectivity index (χ3v) is 12.9. The van der Waals surface area contributed by atoms with Crippen LogP contribution in [-0.4, -0.2) is 9.55 Å². The van der Waals surface area contributed by atoms with E-state index < -0.39 is 0 Å². The molecule has 8 aromatic rings. The number of ether oxygens (including phenoxy) is 3. The Hall–Kier alpha value is -6.15. The molecule has 0 amide bonds. The van der Waals surface area contributed by atoms with Gasteiger partial charge in [-0.25, -0.2) is 4.98 Å². The Morgan fingerprint density at radius 3 is 2.03 bits per heavy atom. The summed E-state index contributed by atoms with van der Waals surface area (Å²) in [6.45, 7) is 15.4. The second-order valence-electron chi connectivity index (χ2n) is 17.9. The van der Waals surface area contributed by atoms with Crippen molar-refractivity contribution < 1.29 is 35.3 Å². The van der Waals surface area contributed by atoms with E-state index in [0.29, 0.717) is 11.5 Å². The largest absolute Gasteiger partial charge is 0.509 e. The topological polar surface area (TPSA) is 55.2 Å². The number of anilines is 5. The molecule has 12 rings (SSSR count). The first-order valence-corrected chi connectivity index (χ1v) is 21.3. The van der Waals surface area contributed by atoms with Crippen LogP contribution < -0.4 is 28.9 Å². The van der Waals surface area contributed by atoms with E-state index in [1.165, 1.54) is 5.56 Å². The monoisotopic (exact) mass is 1010 g/mol. The molecule has 0 atom stereocenters. The molecule has 10 heteroatoms. The fourth-order valence-corrected chi connectivity index (χ4v) is 9.77. The summed E-state index contributed by atoms with van der Waals surface area (Å²) in [5.74, 6) is 5.19. The molecule has 2 aromatic heterocycles. The predicted octanol–water partition coefficient (Wildman–Crippen LogP) is 14.2. The molecule has 0 spiro atoms. The summed E-state index contributed by atoms with van der Waals surface area (Å²) in [7, 11) is 0. The van der Waals surface area contributed by atoms with Crippen LogP contribution in [-0.2, 0) is 31.9 Å². The number of benzene rings is 6. The Morgan fingerprint density at radius 2 is 1.32 bits per heavy atom. The second kappa shape index (κ2) is 13.9. The normalized spacial score (nSPS) is 14.5. The molecule has 0 aliphatic carbocycles. The summed E-state index contributed by atoms with van der Waals surface area (Å²) < 4.78 is 22.2. The minimum Gasteiger partial charge on any atom is -0.509 e. The van der Waals surface area contributed by atoms with Crippen LogP contribution in [0.15, 0.2) is 138 Å². The van der Waals surface area contributed by atoms with Crippen LogP contribution in [0.5, 0.6) is 34.5 Å². The first kappa shape index (κ1) is 38.7. The van der Waals surface area contributed by atoms with Crippen molar-refractivity contribution in [2.24, 2.45) is 0 Å². The number of para-hydroxylation sites is 3. The van der Waals surface area contributed by atoms with Crippen molar-refractivity contribution in [3.63, 3.8) is 0 Å². The van der Waals surface area contributed by atoms with Crippen LogP contribution in [0.3, 0.4) is 0 Å². The summed E-state index contributed by atoms with van der Waals surface area (Å²) in [6.07, 6.45) is 5.97. The maximum Gasteiger partial charge on any atom is 0.157 e.